The highest BCUT2D eigenvalue weighted by atomic mass is 32.2. The molecule has 0 aromatic rings. The standard InChI is InChI=1S/C31H64S/c1-3-5-6-7-8-9-10-11-12-13-14-15-16-17-18-19-20-21-22-23-24-25-26-27-28-29-31-32-30-4-2/h3-31H2,1-2H3. The van der Waals surface area contributed by atoms with Crippen molar-refractivity contribution in [2.75, 3.05) is 11.5 Å². The molecule has 0 aliphatic heterocycles. The monoisotopic (exact) mass is 468 g/mol. The minimum atomic E-state index is 1.34. The van der Waals surface area contributed by atoms with E-state index in [1.54, 1.807) is 0 Å². The van der Waals surface area contributed by atoms with Crippen molar-refractivity contribution in [1.29, 1.82) is 0 Å². The van der Waals surface area contributed by atoms with Gasteiger partial charge < -0.3 is 0 Å². The number of hydrogen-bond donors (Lipinski definition) is 0. The summed E-state index contributed by atoms with van der Waals surface area (Å²) in [6.45, 7) is 4.59. The van der Waals surface area contributed by atoms with Crippen molar-refractivity contribution in [2.45, 2.75) is 187 Å². The van der Waals surface area contributed by atoms with Crippen molar-refractivity contribution in [3.63, 3.8) is 0 Å². The first-order valence-electron chi connectivity index (χ1n) is 15.5. The SMILES string of the molecule is CCCCCCCCCCCCCCCCCCCCCCCCCCCCSCCC. The molecule has 0 rings (SSSR count). The van der Waals surface area contributed by atoms with E-state index in [1.165, 1.54) is 185 Å². The summed E-state index contributed by atoms with van der Waals surface area (Å²) in [4.78, 5) is 0. The van der Waals surface area contributed by atoms with Gasteiger partial charge in [-0.05, 0) is 24.3 Å². The maximum Gasteiger partial charge on any atom is -0.00675 e. The molecule has 0 saturated carbocycles. The van der Waals surface area contributed by atoms with Crippen molar-refractivity contribution < 1.29 is 0 Å². The summed E-state index contributed by atoms with van der Waals surface area (Å²) in [5.74, 6) is 2.76. The summed E-state index contributed by atoms with van der Waals surface area (Å²) in [5.41, 5.74) is 0. The first kappa shape index (κ1) is 32.4. The van der Waals surface area contributed by atoms with Gasteiger partial charge in [-0.15, -0.1) is 0 Å². The molecule has 0 nitrogen and oxygen atoms in total. The fourth-order valence-electron chi connectivity index (χ4n) is 4.77. The highest BCUT2D eigenvalue weighted by molar-refractivity contribution is 7.99. The van der Waals surface area contributed by atoms with Crippen LogP contribution in [0.4, 0.5) is 0 Å². The summed E-state index contributed by atoms with van der Waals surface area (Å²) in [7, 11) is 0. The third kappa shape index (κ3) is 30.4. The Balaban J connectivity index is 2.98. The molecule has 0 saturated heterocycles. The van der Waals surface area contributed by atoms with Gasteiger partial charge in [0.2, 0.25) is 0 Å². The van der Waals surface area contributed by atoms with Crippen LogP contribution in [0.15, 0.2) is 0 Å². The minimum Gasteiger partial charge on any atom is -0.162 e. The van der Waals surface area contributed by atoms with Crippen LogP contribution in [0, 0.1) is 0 Å². The third-order valence-electron chi connectivity index (χ3n) is 6.99. The number of unbranched alkanes of at least 4 members (excludes halogenated alkanes) is 25. The topological polar surface area (TPSA) is 0 Å². The van der Waals surface area contributed by atoms with E-state index in [0.717, 1.165) is 0 Å². The van der Waals surface area contributed by atoms with E-state index < -0.39 is 0 Å². The largest absolute Gasteiger partial charge is 0.162 e. The average Bonchev–Trinajstić information content (AvgIpc) is 2.81. The normalized spacial score (nSPS) is 11.4. The van der Waals surface area contributed by atoms with Crippen LogP contribution in [-0.2, 0) is 0 Å². The molecule has 0 aromatic carbocycles. The van der Waals surface area contributed by atoms with E-state index in [4.69, 9.17) is 0 Å². The van der Waals surface area contributed by atoms with Gasteiger partial charge in [-0.1, -0.05) is 174 Å². The first-order valence-corrected chi connectivity index (χ1v) is 16.6. The lowest BCUT2D eigenvalue weighted by atomic mass is 10.0. The van der Waals surface area contributed by atoms with E-state index in [-0.39, 0.29) is 0 Å². The fourth-order valence-corrected chi connectivity index (χ4v) is 5.67. The van der Waals surface area contributed by atoms with Gasteiger partial charge in [-0.25, -0.2) is 0 Å². The second kappa shape index (κ2) is 31.4. The molecule has 0 heterocycles. The molecule has 0 aromatic heterocycles. The van der Waals surface area contributed by atoms with Gasteiger partial charge in [0, 0.05) is 0 Å². The van der Waals surface area contributed by atoms with Crippen molar-refractivity contribution in [3.05, 3.63) is 0 Å². The summed E-state index contributed by atoms with van der Waals surface area (Å²) in [6, 6.07) is 0. The van der Waals surface area contributed by atoms with E-state index in [1.807, 2.05) is 0 Å². The van der Waals surface area contributed by atoms with Crippen molar-refractivity contribution in [2.24, 2.45) is 0 Å². The van der Waals surface area contributed by atoms with Gasteiger partial charge in [0.25, 0.3) is 0 Å². The Hall–Kier alpha value is 0.350. The zero-order valence-corrected chi connectivity index (χ0v) is 23.7. The number of thioether (sulfide) groups is 1. The molecule has 0 amide bonds. The van der Waals surface area contributed by atoms with Gasteiger partial charge in [-0.2, -0.15) is 11.8 Å². The van der Waals surface area contributed by atoms with Gasteiger partial charge in [-0.3, -0.25) is 0 Å². The molecule has 0 bridgehead atoms. The van der Waals surface area contributed by atoms with Crippen LogP contribution in [-0.4, -0.2) is 11.5 Å². The van der Waals surface area contributed by atoms with Crippen molar-refractivity contribution in [3.8, 4) is 0 Å². The van der Waals surface area contributed by atoms with Crippen LogP contribution in [0.1, 0.15) is 187 Å². The van der Waals surface area contributed by atoms with Crippen LogP contribution in [0.5, 0.6) is 0 Å². The number of hydrogen-bond acceptors (Lipinski definition) is 1. The molecule has 0 fully saturated rings. The van der Waals surface area contributed by atoms with Crippen LogP contribution >= 0.6 is 11.8 Å². The zero-order chi connectivity index (χ0) is 23.2. The Morgan fingerprint density at radius 3 is 0.750 bits per heavy atom. The van der Waals surface area contributed by atoms with Crippen LogP contribution in [0.25, 0.3) is 0 Å². The predicted molar refractivity (Wildman–Crippen MR) is 153 cm³/mol. The Morgan fingerprint density at radius 1 is 0.250 bits per heavy atom. The Bertz CT molecular complexity index is 271. The third-order valence-corrected chi connectivity index (χ3v) is 8.26. The quantitative estimate of drug-likeness (QED) is 0.0983. The molecule has 0 spiro atoms. The summed E-state index contributed by atoms with van der Waals surface area (Å²) in [6.07, 6.45) is 39.8. The highest BCUT2D eigenvalue weighted by Gasteiger charge is 1.96. The van der Waals surface area contributed by atoms with Gasteiger partial charge in [0.05, 0.1) is 0 Å². The van der Waals surface area contributed by atoms with Gasteiger partial charge in [0.15, 0.2) is 0 Å². The molecular formula is C31H64S. The number of rotatable bonds is 29. The minimum absolute atomic E-state index is 1.34. The second-order valence-electron chi connectivity index (χ2n) is 10.5. The molecule has 0 aliphatic rings. The molecule has 0 aliphatic carbocycles. The molecule has 1 heteroatoms. The predicted octanol–water partition coefficient (Wildman–Crippen LogP) is 12.3. The molecule has 0 radical (unpaired) electrons. The lowest BCUT2D eigenvalue weighted by Gasteiger charge is -2.04. The first-order chi connectivity index (χ1) is 15.9. The van der Waals surface area contributed by atoms with Crippen LogP contribution in [0.2, 0.25) is 0 Å². The van der Waals surface area contributed by atoms with E-state index >= 15 is 0 Å². The van der Waals surface area contributed by atoms with E-state index in [9.17, 15) is 0 Å². The Morgan fingerprint density at radius 2 is 0.500 bits per heavy atom. The average molecular weight is 469 g/mol. The second-order valence-corrected chi connectivity index (χ2v) is 11.7. The summed E-state index contributed by atoms with van der Waals surface area (Å²) < 4.78 is 0. The van der Waals surface area contributed by atoms with Crippen LogP contribution in [0.3, 0.4) is 0 Å². The Labute approximate surface area is 210 Å². The maximum atomic E-state index is 2.31. The lowest BCUT2D eigenvalue weighted by molar-refractivity contribution is 0.516. The smallest absolute Gasteiger partial charge is 0.00675 e. The van der Waals surface area contributed by atoms with Crippen LogP contribution < -0.4 is 0 Å². The molecule has 194 valence electrons. The molecule has 0 unspecified atom stereocenters. The molecule has 0 atom stereocenters. The highest BCUT2D eigenvalue weighted by Crippen LogP contribution is 2.16. The van der Waals surface area contributed by atoms with Crippen molar-refractivity contribution >= 4 is 11.8 Å². The summed E-state index contributed by atoms with van der Waals surface area (Å²) >= 11 is 2.15. The molecular weight excluding hydrogens is 404 g/mol. The fraction of sp³-hybridized carbons (Fsp3) is 1.00. The molecule has 0 N–H and O–H groups in total. The molecule has 32 heavy (non-hydrogen) atoms. The van der Waals surface area contributed by atoms with Crippen molar-refractivity contribution in [1.82, 2.24) is 0 Å². The van der Waals surface area contributed by atoms with Gasteiger partial charge >= 0.3 is 0 Å². The van der Waals surface area contributed by atoms with Gasteiger partial charge in [0.1, 0.15) is 0 Å². The maximum absolute atomic E-state index is 2.31. The summed E-state index contributed by atoms with van der Waals surface area (Å²) in [5, 5.41) is 0. The zero-order valence-electron chi connectivity index (χ0n) is 22.9. The lowest BCUT2D eigenvalue weighted by Crippen LogP contribution is -1.85. The Kier molecular flexibility index (Phi) is 31.7. The van der Waals surface area contributed by atoms with E-state index in [2.05, 4.69) is 25.6 Å². The van der Waals surface area contributed by atoms with E-state index in [0.29, 0.717) is 0 Å².